The van der Waals surface area contributed by atoms with Crippen LogP contribution in [-0.4, -0.2) is 19.5 Å². The van der Waals surface area contributed by atoms with E-state index in [4.69, 9.17) is 0 Å². The van der Waals surface area contributed by atoms with E-state index in [1.165, 1.54) is 122 Å². The molecule has 0 N–H and O–H groups in total. The van der Waals surface area contributed by atoms with Gasteiger partial charge in [0.2, 0.25) is 0 Å². The van der Waals surface area contributed by atoms with Crippen LogP contribution in [0.4, 0.5) is 0 Å². The van der Waals surface area contributed by atoms with Crippen LogP contribution in [0.25, 0.3) is 0 Å². The molecule has 1 heteroatoms. The maximum atomic E-state index is 2.41. The molecule has 140 valence electrons. The Labute approximate surface area is 150 Å². The predicted octanol–water partition coefficient (Wildman–Crippen LogP) is 8.77. The van der Waals surface area contributed by atoms with Gasteiger partial charge < -0.3 is 0 Å². The fourth-order valence-corrected chi connectivity index (χ4v) is 4.19. The zero-order chi connectivity index (χ0) is 17.0. The van der Waals surface area contributed by atoms with Gasteiger partial charge in [0.15, 0.2) is 0 Å². The summed E-state index contributed by atoms with van der Waals surface area (Å²) in [5.41, 5.74) is 0. The van der Waals surface area contributed by atoms with E-state index in [2.05, 4.69) is 20.3 Å². The summed E-state index contributed by atoms with van der Waals surface area (Å²) in [6, 6.07) is 0. The summed E-state index contributed by atoms with van der Waals surface area (Å²) in [6.07, 6.45) is 28.1. The molecule has 0 rings (SSSR count). The maximum Gasteiger partial charge on any atom is -0.0331 e. The quantitative estimate of drug-likeness (QED) is 0.162. The van der Waals surface area contributed by atoms with Crippen LogP contribution in [0, 0.1) is 0 Å². The zero-order valence-electron chi connectivity index (χ0n) is 16.9. The summed E-state index contributed by atoms with van der Waals surface area (Å²) in [5.74, 6) is 0. The van der Waals surface area contributed by atoms with Crippen LogP contribution in [0.3, 0.4) is 0 Å². The van der Waals surface area contributed by atoms with Crippen LogP contribution in [0.15, 0.2) is 0 Å². The first kappa shape index (κ1) is 23.4. The van der Waals surface area contributed by atoms with Crippen molar-refractivity contribution in [3.63, 3.8) is 0 Å². The molecular weight excluding hydrogens is 295 g/mol. The third-order valence-electron chi connectivity index (χ3n) is 4.96. The van der Waals surface area contributed by atoms with Crippen molar-refractivity contribution in [3.05, 3.63) is 0 Å². The van der Waals surface area contributed by atoms with Crippen molar-refractivity contribution < 1.29 is 0 Å². The van der Waals surface area contributed by atoms with Gasteiger partial charge in [-0.05, 0) is 25.9 Å². The largest absolute Gasteiger partial charge is 0.113 e. The first-order chi connectivity index (χ1) is 11.3. The van der Waals surface area contributed by atoms with Gasteiger partial charge >= 0.3 is 0 Å². The first-order valence-electron chi connectivity index (χ1n) is 10.9. The summed E-state index contributed by atoms with van der Waals surface area (Å²) in [5, 5.41) is 0. The molecule has 0 aromatic rings. The Morgan fingerprint density at radius 1 is 0.391 bits per heavy atom. The van der Waals surface area contributed by atoms with Crippen molar-refractivity contribution in [3.8, 4) is 0 Å². The standard InChI is InChI=1S/C22H47P/c1-4-5-6-7-8-9-10-11-12-13-14-15-16-17-18-19-20-21-22-23(2)3/h4-22H2,1-3H3. The molecule has 0 aromatic carbocycles. The molecular formula is C22H47P. The van der Waals surface area contributed by atoms with Crippen LogP contribution >= 0.6 is 7.92 Å². The first-order valence-corrected chi connectivity index (χ1v) is 13.3. The van der Waals surface area contributed by atoms with Gasteiger partial charge in [0, 0.05) is 0 Å². The summed E-state index contributed by atoms with van der Waals surface area (Å²) in [6.45, 7) is 7.11. The minimum Gasteiger partial charge on any atom is -0.113 e. The van der Waals surface area contributed by atoms with Crippen LogP contribution in [-0.2, 0) is 0 Å². The van der Waals surface area contributed by atoms with E-state index in [-0.39, 0.29) is 0 Å². The van der Waals surface area contributed by atoms with Crippen molar-refractivity contribution in [1.29, 1.82) is 0 Å². The molecule has 0 amide bonds. The average Bonchev–Trinajstić information content (AvgIpc) is 2.53. The molecule has 0 unspecified atom stereocenters. The highest BCUT2D eigenvalue weighted by Crippen LogP contribution is 2.26. The Morgan fingerprint density at radius 2 is 0.652 bits per heavy atom. The molecule has 0 aliphatic rings. The van der Waals surface area contributed by atoms with Crippen LogP contribution in [0.5, 0.6) is 0 Å². The molecule has 23 heavy (non-hydrogen) atoms. The Morgan fingerprint density at radius 3 is 0.913 bits per heavy atom. The van der Waals surface area contributed by atoms with Gasteiger partial charge in [-0.25, -0.2) is 0 Å². The molecule has 0 radical (unpaired) electrons. The lowest BCUT2D eigenvalue weighted by Crippen LogP contribution is -1.85. The van der Waals surface area contributed by atoms with Gasteiger partial charge in [0.05, 0.1) is 0 Å². The van der Waals surface area contributed by atoms with Gasteiger partial charge in [-0.1, -0.05) is 116 Å². The average molecular weight is 343 g/mol. The molecule has 0 atom stereocenters. The van der Waals surface area contributed by atoms with Crippen LogP contribution in [0.2, 0.25) is 0 Å². The lowest BCUT2D eigenvalue weighted by molar-refractivity contribution is 0.526. The minimum absolute atomic E-state index is 0.355. The van der Waals surface area contributed by atoms with E-state index in [1.54, 1.807) is 0 Å². The lowest BCUT2D eigenvalue weighted by Gasteiger charge is -2.05. The number of rotatable bonds is 19. The molecule has 0 heterocycles. The normalized spacial score (nSPS) is 11.5. The van der Waals surface area contributed by atoms with E-state index >= 15 is 0 Å². The summed E-state index contributed by atoms with van der Waals surface area (Å²) >= 11 is 0. The molecule has 0 saturated carbocycles. The smallest absolute Gasteiger partial charge is 0.0331 e. The summed E-state index contributed by atoms with van der Waals surface area (Å²) in [4.78, 5) is 0. The molecule has 0 aliphatic heterocycles. The summed E-state index contributed by atoms with van der Waals surface area (Å²) < 4.78 is 0. The lowest BCUT2D eigenvalue weighted by atomic mass is 10.0. The minimum atomic E-state index is 0.355. The van der Waals surface area contributed by atoms with Crippen LogP contribution in [0.1, 0.15) is 122 Å². The van der Waals surface area contributed by atoms with Crippen molar-refractivity contribution in [2.75, 3.05) is 19.5 Å². The second kappa shape index (κ2) is 20.5. The molecule has 0 nitrogen and oxygen atoms in total. The molecule has 0 saturated heterocycles. The zero-order valence-corrected chi connectivity index (χ0v) is 17.8. The molecule has 0 bridgehead atoms. The fraction of sp³-hybridized carbons (Fsp3) is 1.00. The third-order valence-corrected chi connectivity index (χ3v) is 6.17. The highest BCUT2D eigenvalue weighted by Gasteiger charge is 1.96. The van der Waals surface area contributed by atoms with Gasteiger partial charge in [-0.3, -0.25) is 0 Å². The van der Waals surface area contributed by atoms with E-state index in [1.807, 2.05) is 0 Å². The topological polar surface area (TPSA) is 0 Å². The van der Waals surface area contributed by atoms with Crippen molar-refractivity contribution in [2.24, 2.45) is 0 Å². The monoisotopic (exact) mass is 342 g/mol. The van der Waals surface area contributed by atoms with E-state index in [9.17, 15) is 0 Å². The number of hydrogen-bond donors (Lipinski definition) is 0. The maximum absolute atomic E-state index is 2.41. The molecule has 0 spiro atoms. The van der Waals surface area contributed by atoms with Gasteiger partial charge in [-0.15, -0.1) is 7.92 Å². The third kappa shape index (κ3) is 22.4. The van der Waals surface area contributed by atoms with Crippen molar-refractivity contribution in [2.45, 2.75) is 122 Å². The van der Waals surface area contributed by atoms with E-state index in [0.717, 1.165) is 0 Å². The highest BCUT2D eigenvalue weighted by atomic mass is 31.1. The number of unbranched alkanes of at least 4 members (excludes halogenated alkanes) is 17. The summed E-state index contributed by atoms with van der Waals surface area (Å²) in [7, 11) is 0.355. The second-order valence-corrected chi connectivity index (χ2v) is 10.4. The van der Waals surface area contributed by atoms with Gasteiger partial charge in [-0.2, -0.15) is 0 Å². The Balaban J connectivity index is 2.95. The van der Waals surface area contributed by atoms with E-state index in [0.29, 0.717) is 7.92 Å². The Kier molecular flexibility index (Phi) is 20.9. The fourth-order valence-electron chi connectivity index (χ4n) is 3.33. The second-order valence-electron chi connectivity index (χ2n) is 7.81. The van der Waals surface area contributed by atoms with Crippen LogP contribution < -0.4 is 0 Å². The number of hydrogen-bond acceptors (Lipinski definition) is 0. The Hall–Kier alpha value is 0.430. The molecule has 0 aromatic heterocycles. The van der Waals surface area contributed by atoms with Crippen molar-refractivity contribution in [1.82, 2.24) is 0 Å². The van der Waals surface area contributed by atoms with Gasteiger partial charge in [0.1, 0.15) is 0 Å². The van der Waals surface area contributed by atoms with E-state index < -0.39 is 0 Å². The Bertz CT molecular complexity index is 200. The highest BCUT2D eigenvalue weighted by molar-refractivity contribution is 7.55. The molecule has 0 aliphatic carbocycles. The SMILES string of the molecule is CCCCCCCCCCCCCCCCCCCCP(C)C. The van der Waals surface area contributed by atoms with Gasteiger partial charge in [0.25, 0.3) is 0 Å². The predicted molar refractivity (Wildman–Crippen MR) is 112 cm³/mol. The molecule has 0 fully saturated rings. The van der Waals surface area contributed by atoms with Crippen molar-refractivity contribution >= 4 is 7.92 Å².